The number of nitrogens with one attached hydrogen (secondary N) is 1. The van der Waals surface area contributed by atoms with Crippen LogP contribution < -0.4 is 14.8 Å². The van der Waals surface area contributed by atoms with Gasteiger partial charge >= 0.3 is 0 Å². The molecule has 1 aliphatic carbocycles. The molecule has 1 aromatic rings. The number of hydrogen-bond acceptors (Lipinski definition) is 3. The van der Waals surface area contributed by atoms with E-state index in [2.05, 4.69) is 12.2 Å². The lowest BCUT2D eigenvalue weighted by Gasteiger charge is -2.36. The lowest BCUT2D eigenvalue weighted by molar-refractivity contribution is 0.235. The maximum atomic E-state index is 5.60. The number of ether oxygens (including phenoxy) is 2. The molecule has 0 saturated heterocycles. The van der Waals surface area contributed by atoms with Crippen molar-refractivity contribution in [1.29, 1.82) is 0 Å². The van der Waals surface area contributed by atoms with Gasteiger partial charge in [0.2, 0.25) is 0 Å². The molecule has 3 nitrogen and oxygen atoms in total. The van der Waals surface area contributed by atoms with E-state index in [0.717, 1.165) is 24.0 Å². The topological polar surface area (TPSA) is 30.5 Å². The SMILES string of the molecule is CNCC1CCC(C)CC1c1c(OC)cccc1OC. The summed E-state index contributed by atoms with van der Waals surface area (Å²) >= 11 is 0. The summed E-state index contributed by atoms with van der Waals surface area (Å²) in [5.41, 5.74) is 1.25. The second kappa shape index (κ2) is 6.98. The highest BCUT2D eigenvalue weighted by atomic mass is 16.5. The molecule has 0 heterocycles. The molecule has 1 saturated carbocycles. The monoisotopic (exact) mass is 277 g/mol. The number of benzene rings is 1. The molecule has 1 aliphatic rings. The molecule has 0 bridgehead atoms. The molecule has 2 rings (SSSR count). The summed E-state index contributed by atoms with van der Waals surface area (Å²) in [4.78, 5) is 0. The second-order valence-electron chi connectivity index (χ2n) is 5.92. The first-order valence-electron chi connectivity index (χ1n) is 7.56. The van der Waals surface area contributed by atoms with Gasteiger partial charge in [0.15, 0.2) is 0 Å². The molecule has 0 aliphatic heterocycles. The van der Waals surface area contributed by atoms with E-state index in [9.17, 15) is 0 Å². The van der Waals surface area contributed by atoms with E-state index in [1.54, 1.807) is 14.2 Å². The zero-order valence-corrected chi connectivity index (χ0v) is 13.1. The van der Waals surface area contributed by atoms with Crippen molar-refractivity contribution in [3.05, 3.63) is 23.8 Å². The van der Waals surface area contributed by atoms with Gasteiger partial charge in [0.05, 0.1) is 14.2 Å². The summed E-state index contributed by atoms with van der Waals surface area (Å²) in [6.07, 6.45) is 3.80. The maximum absolute atomic E-state index is 5.60. The van der Waals surface area contributed by atoms with Crippen molar-refractivity contribution < 1.29 is 9.47 Å². The number of hydrogen-bond donors (Lipinski definition) is 1. The maximum Gasteiger partial charge on any atom is 0.126 e. The van der Waals surface area contributed by atoms with Crippen LogP contribution in [0.1, 0.15) is 37.7 Å². The Morgan fingerprint density at radius 3 is 2.35 bits per heavy atom. The minimum Gasteiger partial charge on any atom is -0.496 e. The van der Waals surface area contributed by atoms with Gasteiger partial charge in [-0.3, -0.25) is 0 Å². The third kappa shape index (κ3) is 3.09. The molecule has 3 atom stereocenters. The van der Waals surface area contributed by atoms with Crippen LogP contribution in [0.2, 0.25) is 0 Å². The van der Waals surface area contributed by atoms with E-state index < -0.39 is 0 Å². The van der Waals surface area contributed by atoms with Crippen LogP contribution in [0.15, 0.2) is 18.2 Å². The van der Waals surface area contributed by atoms with E-state index in [1.807, 2.05) is 25.2 Å². The fraction of sp³-hybridized carbons (Fsp3) is 0.647. The molecule has 1 N–H and O–H groups in total. The van der Waals surface area contributed by atoms with Crippen LogP contribution in [-0.2, 0) is 0 Å². The normalized spacial score (nSPS) is 26.3. The van der Waals surface area contributed by atoms with E-state index in [-0.39, 0.29) is 0 Å². The fourth-order valence-electron chi connectivity index (χ4n) is 3.55. The zero-order valence-electron chi connectivity index (χ0n) is 13.1. The van der Waals surface area contributed by atoms with E-state index in [4.69, 9.17) is 9.47 Å². The van der Waals surface area contributed by atoms with Crippen LogP contribution >= 0.6 is 0 Å². The Morgan fingerprint density at radius 2 is 1.80 bits per heavy atom. The third-order valence-corrected chi connectivity index (χ3v) is 4.56. The Kier molecular flexibility index (Phi) is 5.30. The van der Waals surface area contributed by atoms with Gasteiger partial charge in [-0.2, -0.15) is 0 Å². The predicted molar refractivity (Wildman–Crippen MR) is 82.7 cm³/mol. The molecule has 0 spiro atoms. The van der Waals surface area contributed by atoms with E-state index in [1.165, 1.54) is 24.8 Å². The molecule has 3 unspecified atom stereocenters. The van der Waals surface area contributed by atoms with Gasteiger partial charge in [0.25, 0.3) is 0 Å². The number of methoxy groups -OCH3 is 2. The molecule has 1 aromatic carbocycles. The molecule has 112 valence electrons. The van der Waals surface area contributed by atoms with Crippen LogP contribution in [0.4, 0.5) is 0 Å². The Balaban J connectivity index is 2.39. The highest BCUT2D eigenvalue weighted by molar-refractivity contribution is 5.47. The minimum atomic E-state index is 0.511. The third-order valence-electron chi connectivity index (χ3n) is 4.56. The molecule has 0 radical (unpaired) electrons. The summed E-state index contributed by atoms with van der Waals surface area (Å²) in [7, 11) is 5.53. The van der Waals surface area contributed by atoms with Crippen LogP contribution in [0.5, 0.6) is 11.5 Å². The molecule has 3 heteroatoms. The predicted octanol–water partition coefficient (Wildman–Crippen LogP) is 3.44. The summed E-state index contributed by atoms with van der Waals surface area (Å²) < 4.78 is 11.2. The first-order chi connectivity index (χ1) is 9.71. The van der Waals surface area contributed by atoms with Crippen LogP contribution in [-0.4, -0.2) is 27.8 Å². The van der Waals surface area contributed by atoms with Gasteiger partial charge in [0, 0.05) is 5.56 Å². The number of rotatable bonds is 5. The van der Waals surface area contributed by atoms with Crippen molar-refractivity contribution in [3.63, 3.8) is 0 Å². The molecule has 1 fully saturated rings. The summed E-state index contributed by atoms with van der Waals surface area (Å²) in [6.45, 7) is 3.41. The molecule has 0 aromatic heterocycles. The Morgan fingerprint density at radius 1 is 1.15 bits per heavy atom. The van der Waals surface area contributed by atoms with Crippen LogP contribution in [0, 0.1) is 11.8 Å². The fourth-order valence-corrected chi connectivity index (χ4v) is 3.55. The van der Waals surface area contributed by atoms with Crippen LogP contribution in [0.3, 0.4) is 0 Å². The molecule has 0 amide bonds. The smallest absolute Gasteiger partial charge is 0.126 e. The highest BCUT2D eigenvalue weighted by Crippen LogP contribution is 2.46. The average Bonchev–Trinajstić information content (AvgIpc) is 2.48. The summed E-state index contributed by atoms with van der Waals surface area (Å²) in [6, 6.07) is 6.10. The Labute approximate surface area is 122 Å². The van der Waals surface area contributed by atoms with Gasteiger partial charge < -0.3 is 14.8 Å². The highest BCUT2D eigenvalue weighted by Gasteiger charge is 2.33. The quantitative estimate of drug-likeness (QED) is 0.894. The van der Waals surface area contributed by atoms with Crippen molar-refractivity contribution >= 4 is 0 Å². The van der Waals surface area contributed by atoms with Crippen LogP contribution in [0.25, 0.3) is 0 Å². The van der Waals surface area contributed by atoms with Crippen molar-refractivity contribution in [3.8, 4) is 11.5 Å². The van der Waals surface area contributed by atoms with E-state index in [0.29, 0.717) is 11.8 Å². The molecular weight excluding hydrogens is 250 g/mol. The Hall–Kier alpha value is -1.22. The van der Waals surface area contributed by atoms with Crippen molar-refractivity contribution in [2.75, 3.05) is 27.8 Å². The van der Waals surface area contributed by atoms with Gasteiger partial charge in [0.1, 0.15) is 11.5 Å². The first kappa shape index (κ1) is 15.2. The standard InChI is InChI=1S/C17H27NO2/c1-12-8-9-13(11-18-2)14(10-12)17-15(19-3)6-5-7-16(17)20-4/h5-7,12-14,18H,8-11H2,1-4H3. The average molecular weight is 277 g/mol. The minimum absolute atomic E-state index is 0.511. The second-order valence-corrected chi connectivity index (χ2v) is 5.92. The lowest BCUT2D eigenvalue weighted by Crippen LogP contribution is -2.30. The Bertz CT molecular complexity index is 411. The lowest BCUT2D eigenvalue weighted by atomic mass is 9.71. The van der Waals surface area contributed by atoms with Gasteiger partial charge in [-0.1, -0.05) is 19.4 Å². The van der Waals surface area contributed by atoms with Crippen molar-refractivity contribution in [2.45, 2.75) is 32.1 Å². The van der Waals surface area contributed by atoms with Crippen molar-refractivity contribution in [2.24, 2.45) is 11.8 Å². The largest absolute Gasteiger partial charge is 0.496 e. The van der Waals surface area contributed by atoms with E-state index >= 15 is 0 Å². The summed E-state index contributed by atoms with van der Waals surface area (Å²) in [5, 5.41) is 3.35. The summed E-state index contributed by atoms with van der Waals surface area (Å²) in [5.74, 6) is 3.86. The van der Waals surface area contributed by atoms with Gasteiger partial charge in [-0.15, -0.1) is 0 Å². The first-order valence-corrected chi connectivity index (χ1v) is 7.56. The van der Waals surface area contributed by atoms with Gasteiger partial charge in [-0.25, -0.2) is 0 Å². The van der Waals surface area contributed by atoms with Crippen molar-refractivity contribution in [1.82, 2.24) is 5.32 Å². The molecule has 20 heavy (non-hydrogen) atoms. The molecular formula is C17H27NO2. The van der Waals surface area contributed by atoms with Gasteiger partial charge in [-0.05, 0) is 56.3 Å². The zero-order chi connectivity index (χ0) is 14.5.